The Hall–Kier alpha value is -4.33. The molecule has 2 heterocycles. The van der Waals surface area contributed by atoms with Gasteiger partial charge in [0.1, 0.15) is 35.3 Å². The van der Waals surface area contributed by atoms with Crippen molar-refractivity contribution >= 4 is 17.3 Å². The summed E-state index contributed by atoms with van der Waals surface area (Å²) >= 11 is 1.68. The minimum Gasteiger partial charge on any atom is -0.497 e. The highest BCUT2D eigenvalue weighted by atomic mass is 32.2. The number of benzene rings is 5. The number of rotatable bonds is 12. The van der Waals surface area contributed by atoms with E-state index >= 15 is 0 Å². The third-order valence-corrected chi connectivity index (χ3v) is 9.98. The maximum Gasteiger partial charge on any atom is 0.153 e. The molecule has 2 aliphatic rings. The van der Waals surface area contributed by atoms with Gasteiger partial charge in [-0.2, -0.15) is 0 Å². The highest BCUT2D eigenvalue weighted by Crippen LogP contribution is 2.45. The summed E-state index contributed by atoms with van der Waals surface area (Å²) in [6, 6.07) is 49.7. The molecular weight excluding hydrogens is 617 g/mol. The second-order valence-corrected chi connectivity index (χ2v) is 13.2. The van der Waals surface area contributed by atoms with Gasteiger partial charge in [-0.3, -0.25) is 0 Å². The van der Waals surface area contributed by atoms with E-state index in [9.17, 15) is 0 Å². The minimum absolute atomic E-state index is 0.201. The van der Waals surface area contributed by atoms with Crippen molar-refractivity contribution in [1.29, 1.82) is 0 Å². The van der Waals surface area contributed by atoms with Crippen LogP contribution in [0.4, 0.5) is 0 Å². The average molecular weight is 657 g/mol. The number of thioether (sulfide) groups is 1. The van der Waals surface area contributed by atoms with Crippen LogP contribution in [0.5, 0.6) is 5.75 Å². The van der Waals surface area contributed by atoms with Crippen molar-refractivity contribution in [1.82, 2.24) is 0 Å². The Morgan fingerprint density at radius 2 is 1.21 bits per heavy atom. The van der Waals surface area contributed by atoms with E-state index in [2.05, 4.69) is 84.9 Å². The van der Waals surface area contributed by atoms with Crippen LogP contribution in [-0.2, 0) is 38.6 Å². The molecule has 244 valence electrons. The molecule has 2 fully saturated rings. The molecule has 0 unspecified atom stereocenters. The molecule has 0 N–H and O–H groups in total. The molecule has 0 amide bonds. The van der Waals surface area contributed by atoms with Gasteiger partial charge in [-0.05, 0) is 46.5 Å². The molecule has 6 heteroatoms. The standard InChI is InChI=1S/C42H40O5S/c1-43-34-24-22-30(23-25-34)26-36(33-18-10-4-11-19-33)37-27-38-39(46-37)40(44-28-31-14-6-2-7-15-31)41(45-29-32-16-8-3-9-17-32)42(47-38)48-35-20-12-5-13-21-35/h2-25,38-42H,26-29H2,1H3/b37-36+/t38-,39-,40+,41+,42-/m1/s1. The summed E-state index contributed by atoms with van der Waals surface area (Å²) < 4.78 is 33.0. The smallest absolute Gasteiger partial charge is 0.153 e. The van der Waals surface area contributed by atoms with Crippen molar-refractivity contribution in [2.75, 3.05) is 7.11 Å². The number of methoxy groups -OCH3 is 1. The maximum absolute atomic E-state index is 7.00. The SMILES string of the molecule is COc1ccc(C/C(=C2/C[C@H]3O[C@H](Sc4ccccc4)[C@@H](OCc4ccccc4)[C@@H](OCc4ccccc4)[C@@H]3O2)c2ccccc2)cc1. The lowest BCUT2D eigenvalue weighted by atomic mass is 9.94. The Balaban J connectivity index is 1.24. The van der Waals surface area contributed by atoms with Gasteiger partial charge in [0, 0.05) is 23.3 Å². The number of hydrogen-bond donors (Lipinski definition) is 0. The van der Waals surface area contributed by atoms with Gasteiger partial charge in [0.05, 0.1) is 20.3 Å². The largest absolute Gasteiger partial charge is 0.497 e. The lowest BCUT2D eigenvalue weighted by Gasteiger charge is -2.42. The van der Waals surface area contributed by atoms with Gasteiger partial charge in [0.2, 0.25) is 0 Å². The monoisotopic (exact) mass is 656 g/mol. The number of fused-ring (bicyclic) bond motifs is 1. The molecule has 5 nitrogen and oxygen atoms in total. The third-order valence-electron chi connectivity index (χ3n) is 8.82. The van der Waals surface area contributed by atoms with Crippen LogP contribution in [0.15, 0.2) is 156 Å². The van der Waals surface area contributed by atoms with E-state index in [0.29, 0.717) is 26.1 Å². The molecule has 2 saturated heterocycles. The van der Waals surface area contributed by atoms with E-state index in [-0.39, 0.29) is 29.9 Å². The van der Waals surface area contributed by atoms with Crippen molar-refractivity contribution in [3.05, 3.63) is 174 Å². The molecule has 0 radical (unpaired) electrons. The van der Waals surface area contributed by atoms with Crippen LogP contribution in [-0.4, -0.2) is 37.0 Å². The number of hydrogen-bond acceptors (Lipinski definition) is 6. The Morgan fingerprint density at radius 1 is 0.646 bits per heavy atom. The molecule has 5 aromatic carbocycles. The third kappa shape index (κ3) is 7.86. The van der Waals surface area contributed by atoms with Crippen LogP contribution in [0.1, 0.15) is 28.7 Å². The lowest BCUT2D eigenvalue weighted by Crippen LogP contribution is -2.57. The van der Waals surface area contributed by atoms with Crippen LogP contribution in [0.2, 0.25) is 0 Å². The van der Waals surface area contributed by atoms with E-state index in [4.69, 9.17) is 23.7 Å². The zero-order valence-corrected chi connectivity index (χ0v) is 27.8. The highest BCUT2D eigenvalue weighted by Gasteiger charge is 2.53. The van der Waals surface area contributed by atoms with E-state index in [1.807, 2.05) is 60.7 Å². The predicted molar refractivity (Wildman–Crippen MR) is 191 cm³/mol. The van der Waals surface area contributed by atoms with Crippen LogP contribution in [0, 0.1) is 0 Å². The molecular formula is C42H40O5S. The molecule has 0 saturated carbocycles. The first-order valence-electron chi connectivity index (χ1n) is 16.5. The average Bonchev–Trinajstić information content (AvgIpc) is 3.57. The topological polar surface area (TPSA) is 46.2 Å². The Bertz CT molecular complexity index is 1750. The number of allylic oxidation sites excluding steroid dienone is 1. The first-order chi connectivity index (χ1) is 23.7. The normalized spacial score (nSPS) is 22.8. The minimum atomic E-state index is -0.388. The Morgan fingerprint density at radius 3 is 1.81 bits per heavy atom. The first kappa shape index (κ1) is 32.2. The summed E-state index contributed by atoms with van der Waals surface area (Å²) in [6.07, 6.45) is 0.0628. The van der Waals surface area contributed by atoms with Gasteiger partial charge < -0.3 is 23.7 Å². The summed E-state index contributed by atoms with van der Waals surface area (Å²) in [5.74, 6) is 1.78. The van der Waals surface area contributed by atoms with E-state index in [1.165, 1.54) is 5.56 Å². The molecule has 5 atom stereocenters. The van der Waals surface area contributed by atoms with Crippen molar-refractivity contribution in [3.8, 4) is 5.75 Å². The highest BCUT2D eigenvalue weighted by molar-refractivity contribution is 7.99. The number of ether oxygens (including phenoxy) is 5. The van der Waals surface area contributed by atoms with Gasteiger partial charge in [0.15, 0.2) is 6.10 Å². The van der Waals surface area contributed by atoms with Gasteiger partial charge in [-0.1, -0.05) is 133 Å². The molecule has 0 aromatic heterocycles. The maximum atomic E-state index is 7.00. The molecule has 0 aliphatic carbocycles. The molecule has 2 aliphatic heterocycles. The zero-order chi connectivity index (χ0) is 32.5. The van der Waals surface area contributed by atoms with Crippen LogP contribution < -0.4 is 4.74 Å². The Kier molecular flexibility index (Phi) is 10.5. The van der Waals surface area contributed by atoms with Crippen molar-refractivity contribution in [3.63, 3.8) is 0 Å². The zero-order valence-electron chi connectivity index (χ0n) is 27.0. The summed E-state index contributed by atoms with van der Waals surface area (Å²) in [5, 5.41) is 0. The van der Waals surface area contributed by atoms with E-state index in [0.717, 1.165) is 38.7 Å². The van der Waals surface area contributed by atoms with Crippen molar-refractivity contribution < 1.29 is 23.7 Å². The van der Waals surface area contributed by atoms with Crippen molar-refractivity contribution in [2.45, 2.75) is 60.8 Å². The van der Waals surface area contributed by atoms with Gasteiger partial charge >= 0.3 is 0 Å². The predicted octanol–water partition coefficient (Wildman–Crippen LogP) is 9.13. The summed E-state index contributed by atoms with van der Waals surface area (Å²) in [5.41, 5.74) is 5.37. The molecule has 0 spiro atoms. The first-order valence-corrected chi connectivity index (χ1v) is 17.4. The van der Waals surface area contributed by atoms with Crippen LogP contribution in [0.3, 0.4) is 0 Å². The lowest BCUT2D eigenvalue weighted by molar-refractivity contribution is -0.218. The van der Waals surface area contributed by atoms with Crippen LogP contribution >= 0.6 is 11.8 Å². The second kappa shape index (κ2) is 15.7. The molecule has 7 rings (SSSR count). The van der Waals surface area contributed by atoms with Crippen LogP contribution in [0.25, 0.3) is 5.57 Å². The van der Waals surface area contributed by atoms with Gasteiger partial charge in [-0.15, -0.1) is 0 Å². The summed E-state index contributed by atoms with van der Waals surface area (Å²) in [4.78, 5) is 1.12. The quantitative estimate of drug-likeness (QED) is 0.134. The summed E-state index contributed by atoms with van der Waals surface area (Å²) in [6.45, 7) is 0.890. The summed E-state index contributed by atoms with van der Waals surface area (Å²) in [7, 11) is 1.69. The fourth-order valence-corrected chi connectivity index (χ4v) is 7.50. The fourth-order valence-electron chi connectivity index (χ4n) is 6.35. The molecule has 48 heavy (non-hydrogen) atoms. The second-order valence-electron chi connectivity index (χ2n) is 12.1. The fraction of sp³-hybridized carbons (Fsp3) is 0.238. The van der Waals surface area contributed by atoms with Gasteiger partial charge in [-0.25, -0.2) is 0 Å². The van der Waals surface area contributed by atoms with Gasteiger partial charge in [0.25, 0.3) is 0 Å². The van der Waals surface area contributed by atoms with Crippen molar-refractivity contribution in [2.24, 2.45) is 0 Å². The Labute approximate surface area is 287 Å². The van der Waals surface area contributed by atoms with E-state index in [1.54, 1.807) is 18.9 Å². The van der Waals surface area contributed by atoms with E-state index < -0.39 is 0 Å². The molecule has 0 bridgehead atoms. The molecule has 5 aromatic rings.